The summed E-state index contributed by atoms with van der Waals surface area (Å²) in [6.07, 6.45) is 2.96. The molecule has 2 rings (SSSR count). The van der Waals surface area contributed by atoms with E-state index in [1.54, 1.807) is 0 Å². The number of hydrogen-bond donors (Lipinski definition) is 1. The van der Waals surface area contributed by atoms with Crippen LogP contribution in [0.1, 0.15) is 37.8 Å². The lowest BCUT2D eigenvalue weighted by Crippen LogP contribution is -2.36. The SMILES string of the molecule is CC(c1ccccc1)N(CC1CC1)C(=O)CCN. The summed E-state index contributed by atoms with van der Waals surface area (Å²) >= 11 is 0. The molecular weight excluding hydrogens is 224 g/mol. The summed E-state index contributed by atoms with van der Waals surface area (Å²) < 4.78 is 0. The van der Waals surface area contributed by atoms with E-state index in [2.05, 4.69) is 19.1 Å². The number of amides is 1. The molecule has 0 aromatic heterocycles. The number of nitrogens with two attached hydrogens (primary N) is 1. The van der Waals surface area contributed by atoms with Crippen LogP contribution >= 0.6 is 0 Å². The van der Waals surface area contributed by atoms with E-state index >= 15 is 0 Å². The van der Waals surface area contributed by atoms with Crippen LogP contribution in [0.15, 0.2) is 30.3 Å². The minimum atomic E-state index is 0.144. The first-order valence-corrected chi connectivity index (χ1v) is 6.77. The monoisotopic (exact) mass is 246 g/mol. The van der Waals surface area contributed by atoms with Gasteiger partial charge >= 0.3 is 0 Å². The zero-order valence-corrected chi connectivity index (χ0v) is 11.0. The highest BCUT2D eigenvalue weighted by Crippen LogP contribution is 2.33. The predicted molar refractivity (Wildman–Crippen MR) is 73.0 cm³/mol. The molecule has 1 aromatic rings. The zero-order valence-electron chi connectivity index (χ0n) is 11.0. The molecule has 0 aliphatic heterocycles. The molecule has 98 valence electrons. The zero-order chi connectivity index (χ0) is 13.0. The average molecular weight is 246 g/mol. The lowest BCUT2D eigenvalue weighted by atomic mass is 10.1. The Morgan fingerprint density at radius 3 is 2.61 bits per heavy atom. The summed E-state index contributed by atoms with van der Waals surface area (Å²) in [5, 5.41) is 0. The van der Waals surface area contributed by atoms with E-state index in [4.69, 9.17) is 5.73 Å². The number of nitrogens with zero attached hydrogens (tertiary/aromatic N) is 1. The van der Waals surface area contributed by atoms with E-state index in [1.807, 2.05) is 23.1 Å². The van der Waals surface area contributed by atoms with Gasteiger partial charge in [-0.25, -0.2) is 0 Å². The number of hydrogen-bond acceptors (Lipinski definition) is 2. The molecule has 1 aliphatic carbocycles. The van der Waals surface area contributed by atoms with E-state index < -0.39 is 0 Å². The second-order valence-corrected chi connectivity index (χ2v) is 5.11. The second-order valence-electron chi connectivity index (χ2n) is 5.11. The topological polar surface area (TPSA) is 46.3 Å². The molecule has 1 aromatic carbocycles. The van der Waals surface area contributed by atoms with Crippen molar-refractivity contribution in [1.29, 1.82) is 0 Å². The fourth-order valence-corrected chi connectivity index (χ4v) is 2.23. The maximum Gasteiger partial charge on any atom is 0.224 e. The number of rotatable bonds is 6. The van der Waals surface area contributed by atoms with Gasteiger partial charge < -0.3 is 10.6 Å². The Balaban J connectivity index is 2.09. The van der Waals surface area contributed by atoms with Gasteiger partial charge in [-0.15, -0.1) is 0 Å². The van der Waals surface area contributed by atoms with Crippen molar-refractivity contribution < 1.29 is 4.79 Å². The third-order valence-electron chi connectivity index (χ3n) is 3.58. The lowest BCUT2D eigenvalue weighted by molar-refractivity contribution is -0.133. The van der Waals surface area contributed by atoms with Crippen LogP contribution in [0.5, 0.6) is 0 Å². The number of carbonyl (C=O) groups is 1. The fraction of sp³-hybridized carbons (Fsp3) is 0.533. The van der Waals surface area contributed by atoms with E-state index in [0.717, 1.165) is 6.54 Å². The molecule has 3 nitrogen and oxygen atoms in total. The molecule has 0 saturated heterocycles. The molecule has 18 heavy (non-hydrogen) atoms. The highest BCUT2D eigenvalue weighted by molar-refractivity contribution is 5.77. The highest BCUT2D eigenvalue weighted by atomic mass is 16.2. The summed E-state index contributed by atoms with van der Waals surface area (Å²) in [6, 6.07) is 10.4. The first-order chi connectivity index (χ1) is 8.72. The van der Waals surface area contributed by atoms with Crippen molar-refractivity contribution in [3.63, 3.8) is 0 Å². The lowest BCUT2D eigenvalue weighted by Gasteiger charge is -2.30. The molecule has 2 N–H and O–H groups in total. The van der Waals surface area contributed by atoms with Crippen LogP contribution in [0.25, 0.3) is 0 Å². The maximum absolute atomic E-state index is 12.2. The Labute approximate surface area is 109 Å². The molecule has 0 spiro atoms. The molecule has 1 atom stereocenters. The number of carbonyl (C=O) groups excluding carboxylic acids is 1. The van der Waals surface area contributed by atoms with Gasteiger partial charge in [0.1, 0.15) is 0 Å². The fourth-order valence-electron chi connectivity index (χ4n) is 2.23. The summed E-state index contributed by atoms with van der Waals surface area (Å²) in [7, 11) is 0. The predicted octanol–water partition coefficient (Wildman–Crippen LogP) is 2.33. The maximum atomic E-state index is 12.2. The van der Waals surface area contributed by atoms with Crippen molar-refractivity contribution in [3.05, 3.63) is 35.9 Å². The van der Waals surface area contributed by atoms with Crippen LogP contribution in [-0.2, 0) is 4.79 Å². The number of benzene rings is 1. The van der Waals surface area contributed by atoms with E-state index in [9.17, 15) is 4.79 Å². The summed E-state index contributed by atoms with van der Waals surface area (Å²) in [5.74, 6) is 0.888. The van der Waals surface area contributed by atoms with Gasteiger partial charge in [0.25, 0.3) is 0 Å². The minimum absolute atomic E-state index is 0.144. The van der Waals surface area contributed by atoms with Crippen LogP contribution in [0.2, 0.25) is 0 Å². The Bertz CT molecular complexity index is 387. The van der Waals surface area contributed by atoms with E-state index in [1.165, 1.54) is 18.4 Å². The van der Waals surface area contributed by atoms with Crippen molar-refractivity contribution in [3.8, 4) is 0 Å². The molecule has 1 amide bonds. The van der Waals surface area contributed by atoms with E-state index in [0.29, 0.717) is 18.9 Å². The quantitative estimate of drug-likeness (QED) is 0.837. The summed E-state index contributed by atoms with van der Waals surface area (Å²) in [5.41, 5.74) is 6.70. The standard InChI is InChI=1S/C15H22N2O/c1-12(14-5-3-2-4-6-14)17(11-13-7-8-13)15(18)9-10-16/h2-6,12-13H,7-11,16H2,1H3. The molecule has 1 unspecified atom stereocenters. The molecule has 0 heterocycles. The largest absolute Gasteiger partial charge is 0.336 e. The third kappa shape index (κ3) is 3.33. The molecule has 0 radical (unpaired) electrons. The molecule has 1 aliphatic rings. The van der Waals surface area contributed by atoms with Gasteiger partial charge in [0.05, 0.1) is 6.04 Å². The van der Waals surface area contributed by atoms with Crippen LogP contribution in [0.4, 0.5) is 0 Å². The first kappa shape index (κ1) is 13.1. The first-order valence-electron chi connectivity index (χ1n) is 6.77. The smallest absolute Gasteiger partial charge is 0.224 e. The Kier molecular flexibility index (Phi) is 4.37. The molecule has 1 saturated carbocycles. The summed E-state index contributed by atoms with van der Waals surface area (Å²) in [6.45, 7) is 3.42. The third-order valence-corrected chi connectivity index (χ3v) is 3.58. The molecule has 1 fully saturated rings. The van der Waals surface area contributed by atoms with Crippen LogP contribution in [0, 0.1) is 5.92 Å². The van der Waals surface area contributed by atoms with Crippen LogP contribution in [0.3, 0.4) is 0 Å². The van der Waals surface area contributed by atoms with Gasteiger partial charge in [-0.3, -0.25) is 4.79 Å². The van der Waals surface area contributed by atoms with Crippen molar-refractivity contribution in [2.75, 3.05) is 13.1 Å². The Hall–Kier alpha value is -1.35. The van der Waals surface area contributed by atoms with Crippen LogP contribution in [-0.4, -0.2) is 23.9 Å². The van der Waals surface area contributed by atoms with E-state index in [-0.39, 0.29) is 11.9 Å². The van der Waals surface area contributed by atoms with Gasteiger partial charge in [0.2, 0.25) is 5.91 Å². The Morgan fingerprint density at radius 2 is 2.06 bits per heavy atom. The van der Waals surface area contributed by atoms with Gasteiger partial charge in [-0.1, -0.05) is 30.3 Å². The van der Waals surface area contributed by atoms with Crippen molar-refractivity contribution in [2.45, 2.75) is 32.2 Å². The van der Waals surface area contributed by atoms with Crippen molar-refractivity contribution in [1.82, 2.24) is 4.90 Å². The average Bonchev–Trinajstić information content (AvgIpc) is 3.20. The van der Waals surface area contributed by atoms with Gasteiger partial charge in [0.15, 0.2) is 0 Å². The minimum Gasteiger partial charge on any atom is -0.336 e. The summed E-state index contributed by atoms with van der Waals surface area (Å²) in [4.78, 5) is 14.2. The normalized spacial score (nSPS) is 16.3. The van der Waals surface area contributed by atoms with Crippen molar-refractivity contribution in [2.24, 2.45) is 11.7 Å². The van der Waals surface area contributed by atoms with Gasteiger partial charge in [-0.2, -0.15) is 0 Å². The van der Waals surface area contributed by atoms with Crippen LogP contribution < -0.4 is 5.73 Å². The second kappa shape index (κ2) is 6.01. The van der Waals surface area contributed by atoms with Gasteiger partial charge in [-0.05, 0) is 31.2 Å². The molecule has 0 bridgehead atoms. The highest BCUT2D eigenvalue weighted by Gasteiger charge is 2.29. The Morgan fingerprint density at radius 1 is 1.39 bits per heavy atom. The molecular formula is C15H22N2O. The molecule has 3 heteroatoms. The van der Waals surface area contributed by atoms with Crippen molar-refractivity contribution >= 4 is 5.91 Å². The van der Waals surface area contributed by atoms with Gasteiger partial charge in [0, 0.05) is 19.5 Å².